The summed E-state index contributed by atoms with van der Waals surface area (Å²) < 4.78 is 54.5. The quantitative estimate of drug-likeness (QED) is 0.613. The molecule has 0 aliphatic carbocycles. The van der Waals surface area contributed by atoms with Crippen LogP contribution in [0.5, 0.6) is 0 Å². The van der Waals surface area contributed by atoms with Gasteiger partial charge in [-0.3, -0.25) is 0 Å². The fourth-order valence-corrected chi connectivity index (χ4v) is 3.29. The highest BCUT2D eigenvalue weighted by Crippen LogP contribution is 2.13. The summed E-state index contributed by atoms with van der Waals surface area (Å²) >= 11 is 0. The molecule has 0 saturated carbocycles. The molecular weight excluding hydrogens is 364 g/mol. The van der Waals surface area contributed by atoms with Crippen LogP contribution in [0.4, 0.5) is 14.6 Å². The number of halogens is 2. The largest absolute Gasteiger partial charge is 0.369 e. The molecule has 0 amide bonds. The molecule has 0 aliphatic rings. The highest BCUT2D eigenvalue weighted by atomic mass is 32.2. The predicted molar refractivity (Wildman–Crippen MR) is 91.4 cm³/mol. The summed E-state index contributed by atoms with van der Waals surface area (Å²) in [6.07, 6.45) is 5.05. The molecule has 0 aliphatic heterocycles. The molecule has 0 saturated heterocycles. The molecule has 0 atom stereocenters. The molecule has 136 valence electrons. The van der Waals surface area contributed by atoms with Crippen LogP contribution in [-0.2, 0) is 10.0 Å². The first-order valence-corrected chi connectivity index (χ1v) is 9.07. The van der Waals surface area contributed by atoms with Crippen molar-refractivity contribution >= 4 is 15.8 Å². The fraction of sp³-hybridized carbons (Fsp3) is 0.125. The molecule has 3 rings (SSSR count). The average Bonchev–Trinajstić information content (AvgIpc) is 3.13. The fourth-order valence-electron chi connectivity index (χ4n) is 2.22. The van der Waals surface area contributed by atoms with Crippen LogP contribution in [0.3, 0.4) is 0 Å². The molecule has 0 spiro atoms. The van der Waals surface area contributed by atoms with Gasteiger partial charge in [0.2, 0.25) is 10.0 Å². The van der Waals surface area contributed by atoms with Crippen molar-refractivity contribution in [1.82, 2.24) is 19.3 Å². The van der Waals surface area contributed by atoms with Crippen LogP contribution in [0.1, 0.15) is 0 Å². The number of hydrogen-bond donors (Lipinski definition) is 2. The van der Waals surface area contributed by atoms with Crippen molar-refractivity contribution in [2.24, 2.45) is 0 Å². The third-order valence-corrected chi connectivity index (χ3v) is 4.83. The topological polar surface area (TPSA) is 88.9 Å². The van der Waals surface area contributed by atoms with Gasteiger partial charge in [0.1, 0.15) is 29.6 Å². The normalized spacial score (nSPS) is 11.5. The zero-order chi connectivity index (χ0) is 18.6. The zero-order valence-corrected chi connectivity index (χ0v) is 14.2. The van der Waals surface area contributed by atoms with E-state index in [9.17, 15) is 17.2 Å². The third kappa shape index (κ3) is 4.41. The second-order valence-electron chi connectivity index (χ2n) is 5.28. The van der Waals surface area contributed by atoms with Gasteiger partial charge in [-0.2, -0.15) is 0 Å². The molecular formula is C16H15F2N5O2S. The molecule has 1 aromatic carbocycles. The van der Waals surface area contributed by atoms with E-state index in [1.54, 1.807) is 10.6 Å². The van der Waals surface area contributed by atoms with Gasteiger partial charge in [0.05, 0.1) is 4.90 Å². The lowest BCUT2D eigenvalue weighted by Gasteiger charge is -2.09. The van der Waals surface area contributed by atoms with Gasteiger partial charge in [0.25, 0.3) is 0 Å². The van der Waals surface area contributed by atoms with Crippen LogP contribution in [0.25, 0.3) is 5.82 Å². The van der Waals surface area contributed by atoms with Crippen LogP contribution >= 0.6 is 0 Å². The minimum absolute atomic E-state index is 0.00330. The molecule has 7 nitrogen and oxygen atoms in total. The van der Waals surface area contributed by atoms with E-state index in [0.717, 1.165) is 12.1 Å². The summed E-state index contributed by atoms with van der Waals surface area (Å²) in [6, 6.07) is 7.55. The maximum Gasteiger partial charge on any atom is 0.240 e. The van der Waals surface area contributed by atoms with Crippen LogP contribution in [0, 0.1) is 11.6 Å². The standard InChI is InChI=1S/C16H15F2N5O2S/c17-12-7-13(18)9-14(8-12)26(24,25)22-4-3-19-15-10-16(21-11-20-15)23-5-1-2-6-23/h1-2,5-11,22H,3-4H2,(H,19,20,21). The summed E-state index contributed by atoms with van der Waals surface area (Å²) in [5, 5.41) is 2.95. The molecule has 0 fully saturated rings. The first-order chi connectivity index (χ1) is 12.4. The summed E-state index contributed by atoms with van der Waals surface area (Å²) in [7, 11) is -4.01. The molecule has 26 heavy (non-hydrogen) atoms. The number of rotatable bonds is 7. The summed E-state index contributed by atoms with van der Waals surface area (Å²) in [5.41, 5.74) is 0. The number of benzene rings is 1. The maximum absolute atomic E-state index is 13.2. The molecule has 0 radical (unpaired) electrons. The van der Waals surface area contributed by atoms with E-state index in [4.69, 9.17) is 0 Å². The molecule has 2 N–H and O–H groups in total. The SMILES string of the molecule is O=S(=O)(NCCNc1cc(-n2cccc2)ncn1)c1cc(F)cc(F)c1. The Morgan fingerprint density at radius 1 is 0.962 bits per heavy atom. The van der Waals surface area contributed by atoms with E-state index in [1.165, 1.54) is 6.33 Å². The number of hydrogen-bond acceptors (Lipinski definition) is 5. The lowest BCUT2D eigenvalue weighted by atomic mass is 10.3. The van der Waals surface area contributed by atoms with Gasteiger partial charge in [0, 0.05) is 37.6 Å². The number of aromatic nitrogens is 3. The van der Waals surface area contributed by atoms with Crippen molar-refractivity contribution in [3.63, 3.8) is 0 Å². The lowest BCUT2D eigenvalue weighted by molar-refractivity contribution is 0.562. The summed E-state index contributed by atoms with van der Waals surface area (Å²) in [4.78, 5) is 7.72. The molecule has 2 heterocycles. The monoisotopic (exact) mass is 379 g/mol. The molecule has 0 unspecified atom stereocenters. The van der Waals surface area contributed by atoms with Crippen molar-refractivity contribution in [1.29, 1.82) is 0 Å². The van der Waals surface area contributed by atoms with Gasteiger partial charge in [-0.1, -0.05) is 0 Å². The summed E-state index contributed by atoms with van der Waals surface area (Å²) in [6.45, 7) is 0.225. The molecule has 0 bridgehead atoms. The molecule has 10 heteroatoms. The number of nitrogens with one attached hydrogen (secondary N) is 2. The van der Waals surface area contributed by atoms with Crippen molar-refractivity contribution in [3.8, 4) is 5.82 Å². The third-order valence-electron chi connectivity index (χ3n) is 3.39. The predicted octanol–water partition coefficient (Wildman–Crippen LogP) is 1.94. The van der Waals surface area contributed by atoms with Gasteiger partial charge in [-0.15, -0.1) is 0 Å². The van der Waals surface area contributed by atoms with Crippen LogP contribution in [0.15, 0.2) is 60.0 Å². The second kappa shape index (κ2) is 7.58. The number of anilines is 1. The lowest BCUT2D eigenvalue weighted by Crippen LogP contribution is -2.29. The average molecular weight is 379 g/mol. The zero-order valence-electron chi connectivity index (χ0n) is 13.4. The van der Waals surface area contributed by atoms with Gasteiger partial charge < -0.3 is 9.88 Å². The Kier molecular flexibility index (Phi) is 5.24. The Labute approximate surface area is 148 Å². The van der Waals surface area contributed by atoms with Crippen molar-refractivity contribution in [2.45, 2.75) is 4.90 Å². The van der Waals surface area contributed by atoms with Gasteiger partial charge in [-0.25, -0.2) is 31.9 Å². The Morgan fingerprint density at radius 3 is 2.35 bits per heavy atom. The minimum Gasteiger partial charge on any atom is -0.369 e. The van der Waals surface area contributed by atoms with Crippen LogP contribution < -0.4 is 10.0 Å². The van der Waals surface area contributed by atoms with E-state index < -0.39 is 26.6 Å². The second-order valence-corrected chi connectivity index (χ2v) is 7.05. The van der Waals surface area contributed by atoms with E-state index in [2.05, 4.69) is 20.0 Å². The van der Waals surface area contributed by atoms with E-state index >= 15 is 0 Å². The van der Waals surface area contributed by atoms with Crippen molar-refractivity contribution in [2.75, 3.05) is 18.4 Å². The van der Waals surface area contributed by atoms with Crippen molar-refractivity contribution in [3.05, 3.63) is 66.8 Å². The van der Waals surface area contributed by atoms with Crippen LogP contribution in [-0.4, -0.2) is 36.0 Å². The van der Waals surface area contributed by atoms with Gasteiger partial charge >= 0.3 is 0 Å². The van der Waals surface area contributed by atoms with E-state index in [-0.39, 0.29) is 13.1 Å². The first kappa shape index (κ1) is 18.0. The van der Waals surface area contributed by atoms with E-state index in [0.29, 0.717) is 17.7 Å². The van der Waals surface area contributed by atoms with Gasteiger partial charge in [0.15, 0.2) is 0 Å². The molecule has 2 aromatic heterocycles. The number of nitrogens with zero attached hydrogens (tertiary/aromatic N) is 3. The highest BCUT2D eigenvalue weighted by Gasteiger charge is 2.15. The Balaban J connectivity index is 1.58. The number of sulfonamides is 1. The Hall–Kier alpha value is -2.85. The van der Waals surface area contributed by atoms with Crippen molar-refractivity contribution < 1.29 is 17.2 Å². The maximum atomic E-state index is 13.2. The highest BCUT2D eigenvalue weighted by molar-refractivity contribution is 7.89. The first-order valence-electron chi connectivity index (χ1n) is 7.59. The minimum atomic E-state index is -4.01. The molecule has 3 aromatic rings. The van der Waals surface area contributed by atoms with Crippen LogP contribution in [0.2, 0.25) is 0 Å². The Bertz CT molecular complexity index is 973. The Morgan fingerprint density at radius 2 is 1.65 bits per heavy atom. The smallest absolute Gasteiger partial charge is 0.240 e. The van der Waals surface area contributed by atoms with E-state index in [1.807, 2.05) is 24.5 Å². The van der Waals surface area contributed by atoms with Gasteiger partial charge in [-0.05, 0) is 24.3 Å². The summed E-state index contributed by atoms with van der Waals surface area (Å²) in [5.74, 6) is -0.743.